The van der Waals surface area contributed by atoms with Gasteiger partial charge in [0.25, 0.3) is 0 Å². The number of aliphatic hydroxyl groups is 1. The molecular formula is C8H19NO3S. The highest BCUT2D eigenvalue weighted by atomic mass is 32.2. The van der Waals surface area contributed by atoms with Crippen molar-refractivity contribution >= 4 is 10.0 Å². The fraction of sp³-hybridized carbons (Fsp3) is 1.00. The van der Waals surface area contributed by atoms with Crippen molar-refractivity contribution in [2.24, 2.45) is 5.92 Å². The van der Waals surface area contributed by atoms with Crippen LogP contribution in [0.2, 0.25) is 0 Å². The van der Waals surface area contributed by atoms with E-state index in [9.17, 15) is 13.5 Å². The standard InChI is InChI=1S/C8H19NO3S/c1-4-7(5-2)8(10)6-9-13(3,11)12/h7-10H,4-6H2,1-3H3. The SMILES string of the molecule is CCC(CC)C(O)CNS(C)(=O)=O. The Bertz CT molecular complexity index is 222. The molecule has 0 amide bonds. The van der Waals surface area contributed by atoms with Gasteiger partial charge in [0, 0.05) is 6.54 Å². The maximum atomic E-state index is 10.7. The molecule has 0 aliphatic carbocycles. The summed E-state index contributed by atoms with van der Waals surface area (Å²) in [4.78, 5) is 0. The highest BCUT2D eigenvalue weighted by Gasteiger charge is 2.16. The van der Waals surface area contributed by atoms with E-state index >= 15 is 0 Å². The quantitative estimate of drug-likeness (QED) is 0.662. The van der Waals surface area contributed by atoms with E-state index < -0.39 is 16.1 Å². The van der Waals surface area contributed by atoms with Gasteiger partial charge in [0.1, 0.15) is 0 Å². The van der Waals surface area contributed by atoms with E-state index in [1.807, 2.05) is 13.8 Å². The monoisotopic (exact) mass is 209 g/mol. The molecule has 0 aromatic rings. The van der Waals surface area contributed by atoms with Crippen LogP contribution in [0.1, 0.15) is 26.7 Å². The average Bonchev–Trinajstić information content (AvgIpc) is 2.02. The van der Waals surface area contributed by atoms with E-state index in [1.165, 1.54) is 0 Å². The Balaban J connectivity index is 3.92. The fourth-order valence-corrected chi connectivity index (χ4v) is 1.71. The molecule has 1 unspecified atom stereocenters. The minimum absolute atomic E-state index is 0.116. The van der Waals surface area contributed by atoms with Crippen molar-refractivity contribution < 1.29 is 13.5 Å². The molecule has 0 rings (SSSR count). The Hall–Kier alpha value is -0.130. The molecule has 0 heterocycles. The molecule has 0 radical (unpaired) electrons. The molecule has 0 saturated carbocycles. The van der Waals surface area contributed by atoms with Crippen molar-refractivity contribution in [1.29, 1.82) is 0 Å². The van der Waals surface area contributed by atoms with E-state index in [4.69, 9.17) is 0 Å². The van der Waals surface area contributed by atoms with Gasteiger partial charge in [-0.15, -0.1) is 0 Å². The molecule has 80 valence electrons. The Kier molecular flexibility index (Phi) is 5.51. The molecule has 4 nitrogen and oxygen atoms in total. The van der Waals surface area contributed by atoms with E-state index in [0.717, 1.165) is 19.1 Å². The van der Waals surface area contributed by atoms with Gasteiger partial charge in [-0.25, -0.2) is 13.1 Å². The summed E-state index contributed by atoms with van der Waals surface area (Å²) in [5, 5.41) is 9.55. The van der Waals surface area contributed by atoms with Crippen molar-refractivity contribution in [2.45, 2.75) is 32.8 Å². The maximum Gasteiger partial charge on any atom is 0.208 e. The highest BCUT2D eigenvalue weighted by molar-refractivity contribution is 7.88. The van der Waals surface area contributed by atoms with Crippen LogP contribution in [-0.4, -0.2) is 32.4 Å². The van der Waals surface area contributed by atoms with Crippen molar-refractivity contribution in [3.05, 3.63) is 0 Å². The molecule has 0 aliphatic rings. The van der Waals surface area contributed by atoms with Crippen LogP contribution in [0.4, 0.5) is 0 Å². The van der Waals surface area contributed by atoms with Gasteiger partial charge in [-0.05, 0) is 5.92 Å². The molecule has 2 N–H and O–H groups in total. The van der Waals surface area contributed by atoms with Crippen molar-refractivity contribution in [3.8, 4) is 0 Å². The summed E-state index contributed by atoms with van der Waals surface area (Å²) < 4.78 is 23.7. The summed E-state index contributed by atoms with van der Waals surface area (Å²) in [6.07, 6.45) is 2.24. The number of rotatable bonds is 6. The number of hydrogen-bond donors (Lipinski definition) is 2. The predicted octanol–water partition coefficient (Wildman–Crippen LogP) is 0.333. The molecule has 1 atom stereocenters. The summed E-state index contributed by atoms with van der Waals surface area (Å²) in [5.74, 6) is 0.175. The molecule has 0 fully saturated rings. The second kappa shape index (κ2) is 5.57. The number of aliphatic hydroxyl groups excluding tert-OH is 1. The molecule has 5 heteroatoms. The zero-order chi connectivity index (χ0) is 10.5. The first-order valence-electron chi connectivity index (χ1n) is 4.53. The van der Waals surface area contributed by atoms with E-state index in [2.05, 4.69) is 4.72 Å². The zero-order valence-electron chi connectivity index (χ0n) is 8.45. The second-order valence-electron chi connectivity index (χ2n) is 3.26. The van der Waals surface area contributed by atoms with Gasteiger partial charge >= 0.3 is 0 Å². The third kappa shape index (κ3) is 6.01. The molecular weight excluding hydrogens is 190 g/mol. The first-order chi connectivity index (χ1) is 5.90. The van der Waals surface area contributed by atoms with Crippen LogP contribution in [0.3, 0.4) is 0 Å². The van der Waals surface area contributed by atoms with Crippen LogP contribution in [-0.2, 0) is 10.0 Å². The summed E-state index contributed by atoms with van der Waals surface area (Å²) in [6, 6.07) is 0. The van der Waals surface area contributed by atoms with Crippen LogP contribution in [0.15, 0.2) is 0 Å². The lowest BCUT2D eigenvalue weighted by atomic mass is 9.97. The normalized spacial score (nSPS) is 14.8. The Morgan fingerprint density at radius 1 is 1.31 bits per heavy atom. The van der Waals surface area contributed by atoms with Gasteiger partial charge in [0.05, 0.1) is 12.4 Å². The molecule has 0 bridgehead atoms. The summed E-state index contributed by atoms with van der Waals surface area (Å²) in [6.45, 7) is 4.08. The van der Waals surface area contributed by atoms with E-state index in [0.29, 0.717) is 0 Å². The topological polar surface area (TPSA) is 66.4 Å². The zero-order valence-corrected chi connectivity index (χ0v) is 9.26. The smallest absolute Gasteiger partial charge is 0.208 e. The van der Waals surface area contributed by atoms with Crippen LogP contribution < -0.4 is 4.72 Å². The fourth-order valence-electron chi connectivity index (χ4n) is 1.24. The van der Waals surface area contributed by atoms with Crippen LogP contribution in [0, 0.1) is 5.92 Å². The van der Waals surface area contributed by atoms with Crippen LogP contribution >= 0.6 is 0 Å². The Morgan fingerprint density at radius 3 is 2.08 bits per heavy atom. The minimum atomic E-state index is -3.18. The Labute approximate surface area is 80.4 Å². The number of nitrogens with one attached hydrogen (secondary N) is 1. The van der Waals surface area contributed by atoms with Crippen LogP contribution in [0.25, 0.3) is 0 Å². The molecule has 0 saturated heterocycles. The van der Waals surface area contributed by atoms with E-state index in [-0.39, 0.29) is 12.5 Å². The first-order valence-corrected chi connectivity index (χ1v) is 6.42. The van der Waals surface area contributed by atoms with E-state index in [1.54, 1.807) is 0 Å². The van der Waals surface area contributed by atoms with Crippen molar-refractivity contribution in [1.82, 2.24) is 4.72 Å². The number of sulfonamides is 1. The van der Waals surface area contributed by atoms with Crippen molar-refractivity contribution in [3.63, 3.8) is 0 Å². The molecule has 13 heavy (non-hydrogen) atoms. The van der Waals surface area contributed by atoms with Crippen LogP contribution in [0.5, 0.6) is 0 Å². The lowest BCUT2D eigenvalue weighted by Gasteiger charge is -2.19. The van der Waals surface area contributed by atoms with Gasteiger partial charge in [-0.2, -0.15) is 0 Å². The Morgan fingerprint density at radius 2 is 1.77 bits per heavy atom. The number of hydrogen-bond acceptors (Lipinski definition) is 3. The van der Waals surface area contributed by atoms with Gasteiger partial charge in [0.2, 0.25) is 10.0 Å². The molecule has 0 aromatic heterocycles. The van der Waals surface area contributed by atoms with Gasteiger partial charge in [-0.1, -0.05) is 26.7 Å². The minimum Gasteiger partial charge on any atom is -0.391 e. The van der Waals surface area contributed by atoms with Crippen molar-refractivity contribution in [2.75, 3.05) is 12.8 Å². The highest BCUT2D eigenvalue weighted by Crippen LogP contribution is 2.12. The summed E-state index contributed by atoms with van der Waals surface area (Å²) in [7, 11) is -3.18. The molecule has 0 spiro atoms. The average molecular weight is 209 g/mol. The van der Waals surface area contributed by atoms with Gasteiger partial charge < -0.3 is 5.11 Å². The first kappa shape index (κ1) is 12.9. The molecule has 0 aromatic carbocycles. The maximum absolute atomic E-state index is 10.7. The lowest BCUT2D eigenvalue weighted by Crippen LogP contribution is -2.35. The summed E-state index contributed by atoms with van der Waals surface area (Å²) >= 11 is 0. The van der Waals surface area contributed by atoms with Gasteiger partial charge in [-0.3, -0.25) is 0 Å². The largest absolute Gasteiger partial charge is 0.391 e. The third-order valence-electron chi connectivity index (χ3n) is 2.15. The predicted molar refractivity (Wildman–Crippen MR) is 52.9 cm³/mol. The third-order valence-corrected chi connectivity index (χ3v) is 2.84. The second-order valence-corrected chi connectivity index (χ2v) is 5.10. The summed E-state index contributed by atoms with van der Waals surface area (Å²) in [5.41, 5.74) is 0. The lowest BCUT2D eigenvalue weighted by molar-refractivity contribution is 0.107. The van der Waals surface area contributed by atoms with Gasteiger partial charge in [0.15, 0.2) is 0 Å². The molecule has 0 aliphatic heterocycles.